The Morgan fingerprint density at radius 1 is 1.12 bits per heavy atom. The molecule has 17 heavy (non-hydrogen) atoms. The van der Waals surface area contributed by atoms with E-state index in [-0.39, 0.29) is 23.7 Å². The van der Waals surface area contributed by atoms with Gasteiger partial charge < -0.3 is 0 Å². The van der Waals surface area contributed by atoms with Crippen LogP contribution in [-0.4, -0.2) is 16.8 Å². The molecule has 1 aromatic heterocycles. The van der Waals surface area contributed by atoms with Crippen molar-refractivity contribution in [2.45, 2.75) is 12.8 Å². The van der Waals surface area contributed by atoms with Gasteiger partial charge in [0, 0.05) is 6.20 Å². The van der Waals surface area contributed by atoms with Crippen molar-refractivity contribution >= 4 is 17.5 Å². The van der Waals surface area contributed by atoms with E-state index < -0.39 is 0 Å². The molecule has 1 aromatic rings. The van der Waals surface area contributed by atoms with E-state index in [4.69, 9.17) is 0 Å². The van der Waals surface area contributed by atoms with E-state index >= 15 is 0 Å². The molecule has 4 nitrogen and oxygen atoms in total. The first-order valence-corrected chi connectivity index (χ1v) is 5.72. The molecule has 0 spiro atoms. The lowest BCUT2D eigenvalue weighted by molar-refractivity contribution is -0.122. The monoisotopic (exact) mass is 228 g/mol. The normalized spacial score (nSPS) is 27.4. The van der Waals surface area contributed by atoms with Crippen LogP contribution in [0.2, 0.25) is 0 Å². The molecule has 1 aliphatic heterocycles. The van der Waals surface area contributed by atoms with Gasteiger partial charge in [-0.15, -0.1) is 0 Å². The van der Waals surface area contributed by atoms with E-state index in [9.17, 15) is 9.59 Å². The molecule has 2 unspecified atom stereocenters. The fraction of sp³-hybridized carbons (Fsp3) is 0.308. The van der Waals surface area contributed by atoms with Gasteiger partial charge in [0.25, 0.3) is 0 Å². The van der Waals surface area contributed by atoms with Crippen molar-refractivity contribution in [2.24, 2.45) is 11.8 Å². The van der Waals surface area contributed by atoms with Crippen LogP contribution in [0.5, 0.6) is 0 Å². The van der Waals surface area contributed by atoms with E-state index in [1.165, 1.54) is 4.90 Å². The Bertz CT molecular complexity index is 469. The van der Waals surface area contributed by atoms with Gasteiger partial charge in [-0.25, -0.2) is 4.90 Å². The fourth-order valence-corrected chi connectivity index (χ4v) is 2.54. The number of anilines is 1. The van der Waals surface area contributed by atoms with Crippen LogP contribution in [-0.2, 0) is 9.59 Å². The van der Waals surface area contributed by atoms with Gasteiger partial charge >= 0.3 is 0 Å². The molecule has 1 aliphatic carbocycles. The minimum atomic E-state index is -0.173. The van der Waals surface area contributed by atoms with Gasteiger partial charge in [-0.2, -0.15) is 0 Å². The van der Waals surface area contributed by atoms with Crippen LogP contribution in [0.1, 0.15) is 12.8 Å². The molecular weight excluding hydrogens is 216 g/mol. The molecular formula is C13H12N2O2. The van der Waals surface area contributed by atoms with Gasteiger partial charge in [0.05, 0.1) is 23.7 Å². The number of aromatic nitrogens is 1. The van der Waals surface area contributed by atoms with Crippen molar-refractivity contribution in [2.75, 3.05) is 4.90 Å². The summed E-state index contributed by atoms with van der Waals surface area (Å²) in [7, 11) is 0. The molecule has 4 heteroatoms. The van der Waals surface area contributed by atoms with E-state index in [2.05, 4.69) is 4.98 Å². The van der Waals surface area contributed by atoms with Crippen molar-refractivity contribution in [3.63, 3.8) is 0 Å². The topological polar surface area (TPSA) is 50.3 Å². The summed E-state index contributed by atoms with van der Waals surface area (Å²) in [6, 6.07) is 3.48. The Morgan fingerprint density at radius 2 is 1.76 bits per heavy atom. The summed E-state index contributed by atoms with van der Waals surface area (Å²) in [5, 5.41) is 0. The molecule has 0 N–H and O–H groups in total. The molecule has 0 bridgehead atoms. The third-order valence-electron chi connectivity index (χ3n) is 3.41. The number of hydrogen-bond acceptors (Lipinski definition) is 3. The van der Waals surface area contributed by atoms with Crippen LogP contribution in [0.15, 0.2) is 36.7 Å². The number of hydrogen-bond donors (Lipinski definition) is 0. The second-order valence-corrected chi connectivity index (χ2v) is 4.38. The molecule has 1 saturated heterocycles. The zero-order valence-corrected chi connectivity index (χ0v) is 9.24. The Labute approximate surface area is 99.0 Å². The Morgan fingerprint density at radius 3 is 2.29 bits per heavy atom. The van der Waals surface area contributed by atoms with Crippen LogP contribution in [0.3, 0.4) is 0 Å². The second kappa shape index (κ2) is 3.80. The molecule has 0 radical (unpaired) electrons. The Balaban J connectivity index is 1.98. The number of allylic oxidation sites excluding steroid dienone is 2. The lowest BCUT2D eigenvalue weighted by Crippen LogP contribution is -2.30. The summed E-state index contributed by atoms with van der Waals surface area (Å²) in [5.74, 6) is -0.518. The molecule has 2 aliphatic rings. The highest BCUT2D eigenvalue weighted by Crippen LogP contribution is 2.37. The third-order valence-corrected chi connectivity index (χ3v) is 3.41. The number of nitrogens with zero attached hydrogens (tertiary/aromatic N) is 2. The molecule has 2 heterocycles. The van der Waals surface area contributed by atoms with E-state index in [1.54, 1.807) is 24.5 Å². The van der Waals surface area contributed by atoms with E-state index in [1.807, 2.05) is 12.2 Å². The lowest BCUT2D eigenvalue weighted by Gasteiger charge is -2.14. The number of carbonyl (C=O) groups is 2. The van der Waals surface area contributed by atoms with Crippen molar-refractivity contribution < 1.29 is 9.59 Å². The zero-order chi connectivity index (χ0) is 11.8. The largest absolute Gasteiger partial charge is 0.274 e. The summed E-state index contributed by atoms with van der Waals surface area (Å²) >= 11 is 0. The van der Waals surface area contributed by atoms with Crippen LogP contribution in [0, 0.1) is 11.8 Å². The fourth-order valence-electron chi connectivity index (χ4n) is 2.54. The predicted molar refractivity (Wildman–Crippen MR) is 62.1 cm³/mol. The highest BCUT2D eigenvalue weighted by Gasteiger charge is 2.47. The first-order valence-electron chi connectivity index (χ1n) is 5.72. The predicted octanol–water partition coefficient (Wildman–Crippen LogP) is 1.54. The zero-order valence-electron chi connectivity index (χ0n) is 9.24. The maximum Gasteiger partial charge on any atom is 0.238 e. The maximum absolute atomic E-state index is 12.2. The highest BCUT2D eigenvalue weighted by molar-refractivity contribution is 6.22. The average molecular weight is 228 g/mol. The number of rotatable bonds is 1. The van der Waals surface area contributed by atoms with Crippen LogP contribution in [0.25, 0.3) is 0 Å². The number of imide groups is 1. The van der Waals surface area contributed by atoms with Crippen molar-refractivity contribution in [3.05, 3.63) is 36.7 Å². The van der Waals surface area contributed by atoms with Crippen LogP contribution in [0.4, 0.5) is 5.69 Å². The van der Waals surface area contributed by atoms with Gasteiger partial charge in [-0.3, -0.25) is 14.6 Å². The average Bonchev–Trinajstić information content (AvgIpc) is 2.64. The van der Waals surface area contributed by atoms with Gasteiger partial charge in [0.15, 0.2) is 0 Å². The SMILES string of the molecule is O=C1C2CC=CCC2C(=O)N1c1cccnc1. The molecule has 0 saturated carbocycles. The highest BCUT2D eigenvalue weighted by atomic mass is 16.2. The summed E-state index contributed by atoms with van der Waals surface area (Å²) < 4.78 is 0. The summed E-state index contributed by atoms with van der Waals surface area (Å²) in [6.07, 6.45) is 8.50. The summed E-state index contributed by atoms with van der Waals surface area (Å²) in [4.78, 5) is 29.6. The molecule has 0 aromatic carbocycles. The van der Waals surface area contributed by atoms with Crippen LogP contribution < -0.4 is 4.90 Å². The van der Waals surface area contributed by atoms with Crippen molar-refractivity contribution in [1.29, 1.82) is 0 Å². The number of pyridine rings is 1. The molecule has 1 fully saturated rings. The Kier molecular flexibility index (Phi) is 2.28. The maximum atomic E-state index is 12.2. The van der Waals surface area contributed by atoms with Crippen LogP contribution >= 0.6 is 0 Å². The summed E-state index contributed by atoms with van der Waals surface area (Å²) in [5.41, 5.74) is 0.580. The third kappa shape index (κ3) is 1.48. The van der Waals surface area contributed by atoms with Crippen molar-refractivity contribution in [3.8, 4) is 0 Å². The first-order chi connectivity index (χ1) is 8.29. The molecule has 2 atom stereocenters. The van der Waals surface area contributed by atoms with Gasteiger partial charge in [-0.05, 0) is 25.0 Å². The smallest absolute Gasteiger partial charge is 0.238 e. The lowest BCUT2D eigenvalue weighted by atomic mass is 9.85. The van der Waals surface area contributed by atoms with E-state index in [0.717, 1.165) is 0 Å². The van der Waals surface area contributed by atoms with E-state index in [0.29, 0.717) is 18.5 Å². The van der Waals surface area contributed by atoms with Gasteiger partial charge in [-0.1, -0.05) is 12.2 Å². The standard InChI is InChI=1S/C13H12N2O2/c16-12-10-5-1-2-6-11(10)13(17)15(12)9-4-3-7-14-8-9/h1-4,7-8,10-11H,5-6H2. The van der Waals surface area contributed by atoms with Gasteiger partial charge in [0.2, 0.25) is 11.8 Å². The number of fused-ring (bicyclic) bond motifs is 1. The summed E-state index contributed by atoms with van der Waals surface area (Å²) in [6.45, 7) is 0. The van der Waals surface area contributed by atoms with Gasteiger partial charge in [0.1, 0.15) is 0 Å². The first kappa shape index (κ1) is 10.2. The quantitative estimate of drug-likeness (QED) is 0.541. The second-order valence-electron chi connectivity index (χ2n) is 4.38. The number of carbonyl (C=O) groups excluding carboxylic acids is 2. The minimum Gasteiger partial charge on any atom is -0.274 e. The minimum absolute atomic E-state index is 0.0858. The Hall–Kier alpha value is -1.97. The molecule has 86 valence electrons. The van der Waals surface area contributed by atoms with Crippen molar-refractivity contribution in [1.82, 2.24) is 4.98 Å². The number of amides is 2. The molecule has 3 rings (SSSR count). The molecule has 2 amide bonds.